The van der Waals surface area contributed by atoms with Crippen molar-refractivity contribution in [3.05, 3.63) is 76.3 Å². The first kappa shape index (κ1) is 12.5. The number of carbonyl (C=O) groups is 1. The molecule has 1 aromatic heterocycles. The van der Waals surface area contributed by atoms with E-state index in [0.717, 1.165) is 6.26 Å². The van der Waals surface area contributed by atoms with Gasteiger partial charge in [0.05, 0.1) is 10.5 Å². The van der Waals surface area contributed by atoms with Crippen LogP contribution in [0.15, 0.2) is 60.6 Å². The molecule has 2 rings (SSSR count). The highest BCUT2D eigenvalue weighted by atomic mass is 16.6. The molecule has 0 unspecified atom stereocenters. The smallest absolute Gasteiger partial charge is 0.304 e. The van der Waals surface area contributed by atoms with Crippen molar-refractivity contribution in [1.82, 2.24) is 10.3 Å². The Kier molecular flexibility index (Phi) is 3.67. The minimum atomic E-state index is -0.587. The van der Waals surface area contributed by atoms with Gasteiger partial charge in [0, 0.05) is 18.5 Å². The molecule has 0 saturated carbocycles. The van der Waals surface area contributed by atoms with Gasteiger partial charge in [-0.3, -0.25) is 25.2 Å². The number of nitrogens with one attached hydrogen (secondary N) is 1. The summed E-state index contributed by atoms with van der Waals surface area (Å²) < 4.78 is 5.01. The molecular formula is C12H9N3O4. The van der Waals surface area contributed by atoms with Gasteiger partial charge in [-0.15, -0.1) is 0 Å². The lowest BCUT2D eigenvalue weighted by Gasteiger charge is -2.06. The molecule has 0 spiro atoms. The number of nitro groups is 1. The Labute approximate surface area is 108 Å². The largest absolute Gasteiger partial charge is 0.441 e. The van der Waals surface area contributed by atoms with Crippen LogP contribution in [-0.2, 0) is 4.74 Å². The summed E-state index contributed by atoms with van der Waals surface area (Å²) in [5.74, 6) is -0.312. The van der Waals surface area contributed by atoms with Gasteiger partial charge in [0.1, 0.15) is 0 Å². The Morgan fingerprint density at radius 2 is 2.32 bits per heavy atom. The minimum absolute atomic E-state index is 0.0990. The standard InChI is InChI=1S/C12H9N3O4/c16-12(9-3-2-6-13-7-9)14-11-5-1-4-10(8-19-11)15(17)18/h1-8H,(H,14,16). The van der Waals surface area contributed by atoms with Crippen LogP contribution in [0.1, 0.15) is 10.4 Å². The number of allylic oxidation sites excluding steroid dienone is 3. The lowest BCUT2D eigenvalue weighted by Crippen LogP contribution is -2.23. The molecule has 0 radical (unpaired) electrons. The summed E-state index contributed by atoms with van der Waals surface area (Å²) in [6.45, 7) is 0. The number of hydrogen-bond donors (Lipinski definition) is 1. The van der Waals surface area contributed by atoms with Gasteiger partial charge in [0.2, 0.25) is 0 Å². The van der Waals surface area contributed by atoms with Crippen LogP contribution in [0.25, 0.3) is 0 Å². The van der Waals surface area contributed by atoms with Gasteiger partial charge in [-0.1, -0.05) is 6.08 Å². The van der Waals surface area contributed by atoms with E-state index in [2.05, 4.69) is 10.3 Å². The van der Waals surface area contributed by atoms with E-state index in [4.69, 9.17) is 4.74 Å². The van der Waals surface area contributed by atoms with Crippen molar-refractivity contribution >= 4 is 5.91 Å². The van der Waals surface area contributed by atoms with Gasteiger partial charge in [-0.2, -0.15) is 0 Å². The number of ether oxygens (including phenoxy) is 1. The molecule has 0 saturated heterocycles. The second-order valence-electron chi connectivity index (χ2n) is 3.50. The second kappa shape index (κ2) is 5.58. The SMILES string of the molecule is O=C(NC1=CC=CC([N+](=O)[O-])=CO1)c1cccnc1. The normalized spacial score (nSPS) is 13.7. The molecule has 0 fully saturated rings. The van der Waals surface area contributed by atoms with Gasteiger partial charge >= 0.3 is 5.70 Å². The molecule has 1 amide bonds. The van der Waals surface area contributed by atoms with E-state index < -0.39 is 10.8 Å². The molecular weight excluding hydrogens is 250 g/mol. The summed E-state index contributed by atoms with van der Waals surface area (Å²) in [6.07, 6.45) is 8.01. The number of amides is 1. The fraction of sp³-hybridized carbons (Fsp3) is 0. The summed E-state index contributed by atoms with van der Waals surface area (Å²) in [5.41, 5.74) is 0.153. The Morgan fingerprint density at radius 1 is 1.47 bits per heavy atom. The minimum Gasteiger partial charge on any atom is -0.441 e. The van der Waals surface area contributed by atoms with E-state index in [9.17, 15) is 14.9 Å². The molecule has 7 nitrogen and oxygen atoms in total. The van der Waals surface area contributed by atoms with Crippen LogP contribution in [0.3, 0.4) is 0 Å². The maximum atomic E-state index is 11.8. The van der Waals surface area contributed by atoms with E-state index in [1.807, 2.05) is 0 Å². The number of hydrogen-bond acceptors (Lipinski definition) is 5. The van der Waals surface area contributed by atoms with Crippen LogP contribution >= 0.6 is 0 Å². The molecule has 2 heterocycles. The van der Waals surface area contributed by atoms with Crippen molar-refractivity contribution in [3.63, 3.8) is 0 Å². The average Bonchev–Trinajstić information content (AvgIpc) is 2.65. The van der Waals surface area contributed by atoms with Crippen LogP contribution in [-0.4, -0.2) is 15.8 Å². The maximum Gasteiger partial charge on any atom is 0.304 e. The third-order valence-corrected chi connectivity index (χ3v) is 2.19. The summed E-state index contributed by atoms with van der Waals surface area (Å²) in [4.78, 5) is 25.6. The first-order valence-electron chi connectivity index (χ1n) is 5.28. The molecule has 7 heteroatoms. The molecule has 1 aliphatic heterocycles. The number of carbonyl (C=O) groups excluding carboxylic acids is 1. The van der Waals surface area contributed by atoms with Crippen molar-refractivity contribution in [1.29, 1.82) is 0 Å². The summed E-state index contributed by atoms with van der Waals surface area (Å²) in [7, 11) is 0. The molecule has 1 N–H and O–H groups in total. The number of nitrogens with zero attached hydrogens (tertiary/aromatic N) is 2. The van der Waals surface area contributed by atoms with Crippen molar-refractivity contribution < 1.29 is 14.5 Å². The van der Waals surface area contributed by atoms with Gasteiger partial charge in [-0.05, 0) is 18.2 Å². The van der Waals surface area contributed by atoms with Gasteiger partial charge in [0.25, 0.3) is 5.91 Å². The highest BCUT2D eigenvalue weighted by Gasteiger charge is 2.12. The number of pyridine rings is 1. The highest BCUT2D eigenvalue weighted by Crippen LogP contribution is 2.08. The monoisotopic (exact) mass is 259 g/mol. The van der Waals surface area contributed by atoms with Gasteiger partial charge in [0.15, 0.2) is 12.1 Å². The van der Waals surface area contributed by atoms with Crippen molar-refractivity contribution in [2.24, 2.45) is 0 Å². The quantitative estimate of drug-likeness (QED) is 0.653. The fourth-order valence-electron chi connectivity index (χ4n) is 1.29. The lowest BCUT2D eigenvalue weighted by molar-refractivity contribution is -0.420. The molecule has 0 atom stereocenters. The van der Waals surface area contributed by atoms with E-state index in [1.165, 1.54) is 24.4 Å². The average molecular weight is 259 g/mol. The highest BCUT2D eigenvalue weighted by molar-refractivity contribution is 5.94. The molecule has 0 aliphatic carbocycles. The first-order chi connectivity index (χ1) is 9.16. The first-order valence-corrected chi connectivity index (χ1v) is 5.28. The predicted molar refractivity (Wildman–Crippen MR) is 65.1 cm³/mol. The van der Waals surface area contributed by atoms with E-state index in [0.29, 0.717) is 5.56 Å². The molecule has 1 aromatic rings. The summed E-state index contributed by atoms with van der Waals surface area (Å²) >= 11 is 0. The zero-order chi connectivity index (χ0) is 13.7. The Morgan fingerprint density at radius 3 is 3.00 bits per heavy atom. The van der Waals surface area contributed by atoms with Crippen LogP contribution in [0.5, 0.6) is 0 Å². The van der Waals surface area contributed by atoms with Crippen LogP contribution in [0.2, 0.25) is 0 Å². The van der Waals surface area contributed by atoms with E-state index in [-0.39, 0.29) is 11.6 Å². The number of rotatable bonds is 3. The molecule has 1 aliphatic rings. The fourth-order valence-corrected chi connectivity index (χ4v) is 1.29. The lowest BCUT2D eigenvalue weighted by atomic mass is 10.3. The molecule has 19 heavy (non-hydrogen) atoms. The second-order valence-corrected chi connectivity index (χ2v) is 3.50. The van der Waals surface area contributed by atoms with E-state index >= 15 is 0 Å². The van der Waals surface area contributed by atoms with Gasteiger partial charge in [-0.25, -0.2) is 0 Å². The zero-order valence-corrected chi connectivity index (χ0v) is 9.65. The van der Waals surface area contributed by atoms with Crippen LogP contribution in [0, 0.1) is 10.1 Å². The summed E-state index contributed by atoms with van der Waals surface area (Å²) in [6, 6.07) is 3.22. The molecule has 0 aromatic carbocycles. The topological polar surface area (TPSA) is 94.4 Å². The predicted octanol–water partition coefficient (Wildman–Crippen LogP) is 1.36. The summed E-state index contributed by atoms with van der Waals surface area (Å²) in [5, 5.41) is 13.0. The van der Waals surface area contributed by atoms with Crippen molar-refractivity contribution in [2.75, 3.05) is 0 Å². The van der Waals surface area contributed by atoms with E-state index in [1.54, 1.807) is 18.3 Å². The van der Waals surface area contributed by atoms with Crippen LogP contribution < -0.4 is 5.32 Å². The van der Waals surface area contributed by atoms with Gasteiger partial charge < -0.3 is 4.74 Å². The molecule has 0 bridgehead atoms. The molecule has 96 valence electrons. The third-order valence-electron chi connectivity index (χ3n) is 2.19. The van der Waals surface area contributed by atoms with Crippen LogP contribution in [0.4, 0.5) is 0 Å². The third kappa shape index (κ3) is 3.25. The Hall–Kier alpha value is -2.96. The zero-order valence-electron chi connectivity index (χ0n) is 9.65. The Balaban J connectivity index is 2.06. The van der Waals surface area contributed by atoms with Crippen molar-refractivity contribution in [2.45, 2.75) is 0 Å². The number of aromatic nitrogens is 1. The van der Waals surface area contributed by atoms with Crippen molar-refractivity contribution in [3.8, 4) is 0 Å². The Bertz CT molecular complexity index is 590. The maximum absolute atomic E-state index is 11.8.